The molecule has 0 amide bonds. The Kier molecular flexibility index (Phi) is 8.72. The first-order valence-corrected chi connectivity index (χ1v) is 12.7. The second kappa shape index (κ2) is 12.3. The van der Waals surface area contributed by atoms with Gasteiger partial charge < -0.3 is 23.7 Å². The summed E-state index contributed by atoms with van der Waals surface area (Å²) in [5, 5.41) is 0. The second-order valence-corrected chi connectivity index (χ2v) is 8.99. The monoisotopic (exact) mass is 502 g/mol. The van der Waals surface area contributed by atoms with Gasteiger partial charge in [0.25, 0.3) is 0 Å². The van der Waals surface area contributed by atoms with Crippen molar-refractivity contribution in [3.8, 4) is 28.7 Å². The van der Waals surface area contributed by atoms with Crippen LogP contribution in [0, 0.1) is 6.92 Å². The Morgan fingerprint density at radius 2 is 1.65 bits per heavy atom. The summed E-state index contributed by atoms with van der Waals surface area (Å²) in [5.41, 5.74) is 1.97. The average Bonchev–Trinajstić information content (AvgIpc) is 2.93. The van der Waals surface area contributed by atoms with Gasteiger partial charge in [-0.3, -0.25) is 0 Å². The van der Waals surface area contributed by atoms with E-state index in [4.69, 9.17) is 23.7 Å². The third-order valence-corrected chi connectivity index (χ3v) is 6.39. The van der Waals surface area contributed by atoms with Crippen LogP contribution in [0.5, 0.6) is 28.7 Å². The minimum Gasteiger partial charge on any atom is -0.497 e. The smallest absolute Gasteiger partial charge is 0.342 e. The van der Waals surface area contributed by atoms with Crippen molar-refractivity contribution in [2.75, 3.05) is 14.2 Å². The lowest BCUT2D eigenvalue weighted by molar-refractivity contribution is -0.00117. The van der Waals surface area contributed by atoms with Crippen molar-refractivity contribution in [1.29, 1.82) is 0 Å². The fourth-order valence-corrected chi connectivity index (χ4v) is 4.36. The maximum absolute atomic E-state index is 13.6. The molecular weight excluding hydrogens is 468 g/mol. The number of fused-ring (bicyclic) bond motifs is 2. The van der Waals surface area contributed by atoms with Gasteiger partial charge in [0.05, 0.1) is 14.2 Å². The summed E-state index contributed by atoms with van der Waals surface area (Å²) in [4.78, 5) is 13.6. The van der Waals surface area contributed by atoms with Crippen LogP contribution in [0.15, 0.2) is 66.7 Å². The predicted octanol–water partition coefficient (Wildman–Crippen LogP) is 7.38. The molecule has 0 spiro atoms. The fourth-order valence-electron chi connectivity index (χ4n) is 4.36. The highest BCUT2D eigenvalue weighted by atomic mass is 16.6. The fraction of sp³-hybridized carbons (Fsp3) is 0.323. The molecule has 0 aromatic heterocycles. The lowest BCUT2D eigenvalue weighted by Crippen LogP contribution is -2.34. The number of cyclic esters (lactones) is 1. The van der Waals surface area contributed by atoms with Crippen LogP contribution in [-0.2, 0) is 4.74 Å². The van der Waals surface area contributed by atoms with Crippen molar-refractivity contribution in [3.05, 3.63) is 83.4 Å². The molecule has 194 valence electrons. The quantitative estimate of drug-likeness (QED) is 0.236. The highest BCUT2D eigenvalue weighted by Crippen LogP contribution is 2.39. The molecule has 3 aromatic carbocycles. The van der Waals surface area contributed by atoms with Gasteiger partial charge in [-0.05, 0) is 67.8 Å². The van der Waals surface area contributed by atoms with Gasteiger partial charge in [-0.1, -0.05) is 50.1 Å². The molecule has 1 aliphatic rings. The predicted molar refractivity (Wildman–Crippen MR) is 144 cm³/mol. The van der Waals surface area contributed by atoms with Crippen molar-refractivity contribution in [2.24, 2.45) is 0 Å². The van der Waals surface area contributed by atoms with Crippen molar-refractivity contribution < 1.29 is 28.5 Å². The van der Waals surface area contributed by atoms with Crippen molar-refractivity contribution in [1.82, 2.24) is 0 Å². The van der Waals surface area contributed by atoms with Crippen LogP contribution < -0.4 is 18.9 Å². The first kappa shape index (κ1) is 26.1. The summed E-state index contributed by atoms with van der Waals surface area (Å²) in [6.45, 7) is 4.03. The van der Waals surface area contributed by atoms with Crippen LogP contribution in [0.25, 0.3) is 6.08 Å². The minimum atomic E-state index is -0.529. The van der Waals surface area contributed by atoms with Gasteiger partial charge in [-0.25, -0.2) is 4.79 Å². The highest BCUT2D eigenvalue weighted by Gasteiger charge is 2.29. The average molecular weight is 503 g/mol. The topological polar surface area (TPSA) is 63.2 Å². The molecule has 0 N–H and O–H groups in total. The normalized spacial score (nSPS) is 17.8. The molecule has 37 heavy (non-hydrogen) atoms. The number of esters is 1. The van der Waals surface area contributed by atoms with Crippen LogP contribution in [0.3, 0.4) is 0 Å². The molecule has 6 nitrogen and oxygen atoms in total. The molecule has 0 fully saturated rings. The van der Waals surface area contributed by atoms with Crippen molar-refractivity contribution >= 4 is 12.0 Å². The van der Waals surface area contributed by atoms with Gasteiger partial charge in [-0.15, -0.1) is 0 Å². The van der Waals surface area contributed by atoms with Crippen molar-refractivity contribution in [3.63, 3.8) is 0 Å². The third-order valence-electron chi connectivity index (χ3n) is 6.39. The van der Waals surface area contributed by atoms with Gasteiger partial charge in [0.15, 0.2) is 17.6 Å². The number of hydrogen-bond donors (Lipinski definition) is 0. The zero-order valence-electron chi connectivity index (χ0n) is 21.9. The first-order chi connectivity index (χ1) is 18.0. The summed E-state index contributed by atoms with van der Waals surface area (Å²) in [6, 6.07) is 18.6. The van der Waals surface area contributed by atoms with E-state index in [1.54, 1.807) is 20.3 Å². The molecule has 0 radical (unpaired) electrons. The Hall–Kier alpha value is -3.93. The molecule has 3 aromatic rings. The number of para-hydroxylation sites is 1. The van der Waals surface area contributed by atoms with Crippen molar-refractivity contribution in [2.45, 2.75) is 51.7 Å². The molecule has 2 atom stereocenters. The van der Waals surface area contributed by atoms with Crippen LogP contribution in [0.4, 0.5) is 0 Å². The van der Waals surface area contributed by atoms with E-state index in [0.29, 0.717) is 35.0 Å². The Morgan fingerprint density at radius 3 is 2.38 bits per heavy atom. The van der Waals surface area contributed by atoms with Gasteiger partial charge in [0.1, 0.15) is 28.9 Å². The van der Waals surface area contributed by atoms with Crippen LogP contribution >= 0.6 is 0 Å². The Morgan fingerprint density at radius 1 is 0.892 bits per heavy atom. The SMILES string of the molecule is CCCCC[C@@H]1OC(=O)c2c(C)cccc2Oc2c(cccc2OC)/C=C/[C@H]1Oc1ccc(OC)cc1. The molecule has 0 saturated heterocycles. The Balaban J connectivity index is 1.82. The van der Waals surface area contributed by atoms with E-state index in [0.717, 1.165) is 36.1 Å². The molecule has 6 heteroatoms. The largest absolute Gasteiger partial charge is 0.497 e. The van der Waals surface area contributed by atoms with Crippen LogP contribution in [0.1, 0.15) is 54.1 Å². The molecule has 0 saturated carbocycles. The van der Waals surface area contributed by atoms with E-state index >= 15 is 0 Å². The van der Waals surface area contributed by atoms with E-state index in [1.165, 1.54) is 0 Å². The molecular formula is C31H34O6. The standard InChI is InChI=1S/C31H34O6/c1-5-6-7-12-25-26(35-24-18-16-23(33-3)17-19-24)20-15-22-11-9-14-28(34-4)30(22)36-27-13-8-10-21(2)29(27)31(32)37-25/h8-11,13-20,25-26H,5-7,12H2,1-4H3/b20-15+/t25-,26+/m0/s1. The number of benzene rings is 3. The molecule has 4 rings (SSSR count). The molecule has 0 unspecified atom stereocenters. The van der Waals surface area contributed by atoms with E-state index < -0.39 is 18.2 Å². The Labute approximate surface area is 218 Å². The van der Waals surface area contributed by atoms with E-state index in [9.17, 15) is 4.79 Å². The summed E-state index contributed by atoms with van der Waals surface area (Å²) in [7, 11) is 3.22. The minimum absolute atomic E-state index is 0.393. The summed E-state index contributed by atoms with van der Waals surface area (Å²) < 4.78 is 29.8. The number of rotatable bonds is 8. The number of ether oxygens (including phenoxy) is 5. The number of unbranched alkanes of at least 4 members (excludes halogenated alkanes) is 2. The summed E-state index contributed by atoms with van der Waals surface area (Å²) >= 11 is 0. The lowest BCUT2D eigenvalue weighted by atomic mass is 10.0. The first-order valence-electron chi connectivity index (χ1n) is 12.7. The van der Waals surface area contributed by atoms with E-state index in [1.807, 2.05) is 73.7 Å². The van der Waals surface area contributed by atoms with Crippen LogP contribution in [-0.4, -0.2) is 32.4 Å². The lowest BCUT2D eigenvalue weighted by Gasteiger charge is -2.26. The summed E-state index contributed by atoms with van der Waals surface area (Å²) in [5.74, 6) is 2.46. The number of carbonyl (C=O) groups is 1. The maximum Gasteiger partial charge on any atom is 0.342 e. The summed E-state index contributed by atoms with van der Waals surface area (Å²) in [6.07, 6.45) is 6.50. The molecule has 1 heterocycles. The maximum atomic E-state index is 13.6. The molecule has 0 bridgehead atoms. The molecule has 0 aliphatic carbocycles. The molecule has 1 aliphatic heterocycles. The third kappa shape index (κ3) is 6.26. The zero-order valence-corrected chi connectivity index (χ0v) is 21.9. The van der Waals surface area contributed by atoms with E-state index in [-0.39, 0.29) is 0 Å². The van der Waals surface area contributed by atoms with Gasteiger partial charge in [0.2, 0.25) is 0 Å². The zero-order chi connectivity index (χ0) is 26.2. The van der Waals surface area contributed by atoms with Gasteiger partial charge in [-0.2, -0.15) is 0 Å². The number of hydrogen-bond acceptors (Lipinski definition) is 6. The highest BCUT2D eigenvalue weighted by molar-refractivity contribution is 5.94. The number of aryl methyl sites for hydroxylation is 1. The van der Waals surface area contributed by atoms with Crippen LogP contribution in [0.2, 0.25) is 0 Å². The van der Waals surface area contributed by atoms with Gasteiger partial charge >= 0.3 is 5.97 Å². The van der Waals surface area contributed by atoms with E-state index in [2.05, 4.69) is 6.92 Å². The number of carbonyl (C=O) groups excluding carboxylic acids is 1. The Bertz CT molecular complexity index is 1230. The second-order valence-electron chi connectivity index (χ2n) is 8.99. The van der Waals surface area contributed by atoms with Gasteiger partial charge in [0, 0.05) is 5.56 Å². The number of methoxy groups -OCH3 is 2.